The Morgan fingerprint density at radius 2 is 2.19 bits per heavy atom. The van der Waals surface area contributed by atoms with Gasteiger partial charge in [-0.25, -0.2) is 9.50 Å². The van der Waals surface area contributed by atoms with Crippen LogP contribution in [0.25, 0.3) is 5.52 Å². The molecular formula is C15H21ClN4O. The zero-order chi connectivity index (χ0) is 14.9. The van der Waals surface area contributed by atoms with Crippen molar-refractivity contribution in [1.29, 1.82) is 0 Å². The lowest BCUT2D eigenvalue weighted by Gasteiger charge is -2.36. The molecule has 0 aliphatic carbocycles. The number of hydrogen-bond donors (Lipinski definition) is 1. The van der Waals surface area contributed by atoms with E-state index in [9.17, 15) is 0 Å². The first-order valence-corrected chi connectivity index (χ1v) is 7.93. The summed E-state index contributed by atoms with van der Waals surface area (Å²) in [5.41, 5.74) is 1.92. The van der Waals surface area contributed by atoms with Crippen LogP contribution in [0.1, 0.15) is 38.3 Å². The zero-order valence-electron chi connectivity index (χ0n) is 12.5. The molecule has 1 fully saturated rings. The molecule has 2 aromatic heterocycles. The maximum Gasteiger partial charge on any atom is 0.152 e. The Hall–Kier alpha value is -1.33. The molecule has 1 saturated heterocycles. The maximum atomic E-state index is 6.23. The second kappa shape index (κ2) is 5.81. The summed E-state index contributed by atoms with van der Waals surface area (Å²) in [6.07, 6.45) is 5.44. The Morgan fingerprint density at radius 3 is 2.86 bits per heavy atom. The van der Waals surface area contributed by atoms with Gasteiger partial charge in [0.2, 0.25) is 0 Å². The van der Waals surface area contributed by atoms with Crippen molar-refractivity contribution in [3.8, 4) is 0 Å². The first-order chi connectivity index (χ1) is 10.1. The lowest BCUT2D eigenvalue weighted by Crippen LogP contribution is -2.45. The van der Waals surface area contributed by atoms with Crippen LogP contribution in [0.2, 0.25) is 0 Å². The number of fused-ring (bicyclic) bond motifs is 1. The molecular weight excluding hydrogens is 288 g/mol. The van der Waals surface area contributed by atoms with Gasteiger partial charge in [-0.05, 0) is 24.8 Å². The predicted molar refractivity (Wildman–Crippen MR) is 84.2 cm³/mol. The lowest BCUT2D eigenvalue weighted by molar-refractivity contribution is 0.0667. The van der Waals surface area contributed by atoms with E-state index in [0.717, 1.165) is 43.1 Å². The lowest BCUT2D eigenvalue weighted by atomic mass is 9.92. The van der Waals surface area contributed by atoms with E-state index in [4.69, 9.17) is 16.3 Å². The monoisotopic (exact) mass is 308 g/mol. The fourth-order valence-corrected chi connectivity index (χ4v) is 2.96. The van der Waals surface area contributed by atoms with E-state index in [0.29, 0.717) is 11.8 Å². The van der Waals surface area contributed by atoms with Crippen LogP contribution in [0.15, 0.2) is 18.5 Å². The molecule has 114 valence electrons. The van der Waals surface area contributed by atoms with Crippen LogP contribution in [0.3, 0.4) is 0 Å². The molecule has 1 aliphatic heterocycles. The highest BCUT2D eigenvalue weighted by Crippen LogP contribution is 2.29. The Balaban J connectivity index is 1.96. The SMILES string of the molecule is CC(C)c1cc2c(NC3(CCl)CCOCC3)nccn2n1. The summed E-state index contributed by atoms with van der Waals surface area (Å²) < 4.78 is 7.33. The quantitative estimate of drug-likeness (QED) is 0.882. The highest BCUT2D eigenvalue weighted by atomic mass is 35.5. The van der Waals surface area contributed by atoms with E-state index in [-0.39, 0.29) is 5.54 Å². The fraction of sp³-hybridized carbons (Fsp3) is 0.600. The summed E-state index contributed by atoms with van der Waals surface area (Å²) in [6, 6.07) is 2.10. The van der Waals surface area contributed by atoms with Gasteiger partial charge in [0, 0.05) is 31.5 Å². The average molecular weight is 309 g/mol. The second-order valence-electron chi connectivity index (χ2n) is 5.98. The molecule has 0 amide bonds. The number of anilines is 1. The maximum absolute atomic E-state index is 6.23. The Labute approximate surface area is 129 Å². The summed E-state index contributed by atoms with van der Waals surface area (Å²) in [5.74, 6) is 1.78. The Kier molecular flexibility index (Phi) is 4.04. The van der Waals surface area contributed by atoms with Crippen molar-refractivity contribution in [2.24, 2.45) is 0 Å². The number of aromatic nitrogens is 3. The number of rotatable bonds is 4. The van der Waals surface area contributed by atoms with Gasteiger partial charge in [-0.15, -0.1) is 11.6 Å². The highest BCUT2D eigenvalue weighted by molar-refractivity contribution is 6.18. The molecule has 0 bridgehead atoms. The van der Waals surface area contributed by atoms with Gasteiger partial charge >= 0.3 is 0 Å². The minimum absolute atomic E-state index is 0.142. The van der Waals surface area contributed by atoms with E-state index in [1.807, 2.05) is 10.7 Å². The van der Waals surface area contributed by atoms with Gasteiger partial charge in [0.15, 0.2) is 5.82 Å². The molecule has 0 radical (unpaired) electrons. The van der Waals surface area contributed by atoms with Crippen LogP contribution in [0.5, 0.6) is 0 Å². The van der Waals surface area contributed by atoms with Gasteiger partial charge in [-0.3, -0.25) is 0 Å². The average Bonchev–Trinajstić information content (AvgIpc) is 2.94. The molecule has 3 rings (SSSR count). The summed E-state index contributed by atoms with van der Waals surface area (Å²) in [7, 11) is 0. The molecule has 1 N–H and O–H groups in total. The van der Waals surface area contributed by atoms with Crippen LogP contribution < -0.4 is 5.32 Å². The van der Waals surface area contributed by atoms with Gasteiger partial charge in [-0.1, -0.05) is 13.8 Å². The van der Waals surface area contributed by atoms with Gasteiger partial charge in [0.1, 0.15) is 5.52 Å². The Bertz CT molecular complexity index is 619. The van der Waals surface area contributed by atoms with Crippen molar-refractivity contribution in [1.82, 2.24) is 14.6 Å². The third kappa shape index (κ3) is 2.85. The minimum atomic E-state index is -0.142. The van der Waals surface area contributed by atoms with Gasteiger partial charge in [0.05, 0.1) is 11.2 Å². The highest BCUT2D eigenvalue weighted by Gasteiger charge is 2.32. The number of nitrogens with zero attached hydrogens (tertiary/aromatic N) is 3. The summed E-state index contributed by atoms with van der Waals surface area (Å²) >= 11 is 6.23. The van der Waals surface area contributed by atoms with Crippen LogP contribution in [0, 0.1) is 0 Å². The number of ether oxygens (including phenoxy) is 1. The number of halogens is 1. The van der Waals surface area contributed by atoms with Crippen molar-refractivity contribution in [2.45, 2.75) is 38.1 Å². The molecule has 0 aromatic carbocycles. The van der Waals surface area contributed by atoms with Crippen molar-refractivity contribution in [3.05, 3.63) is 24.2 Å². The van der Waals surface area contributed by atoms with Gasteiger partial charge in [-0.2, -0.15) is 5.10 Å². The molecule has 21 heavy (non-hydrogen) atoms. The normalized spacial score (nSPS) is 18.3. The molecule has 5 nitrogen and oxygen atoms in total. The molecule has 1 aliphatic rings. The summed E-state index contributed by atoms with van der Waals surface area (Å²) in [4.78, 5) is 4.50. The fourth-order valence-electron chi connectivity index (χ4n) is 2.62. The standard InChI is InChI=1S/C15H21ClN4O/c1-11(2)12-9-13-14(17-5-6-20(13)19-12)18-15(10-16)3-7-21-8-4-15/h5-6,9,11H,3-4,7-8,10H2,1-2H3,(H,17,18). The number of alkyl halides is 1. The molecule has 0 unspecified atom stereocenters. The smallest absolute Gasteiger partial charge is 0.152 e. The van der Waals surface area contributed by atoms with Crippen LogP contribution in [-0.2, 0) is 4.74 Å². The van der Waals surface area contributed by atoms with Crippen molar-refractivity contribution >= 4 is 22.9 Å². The third-order valence-electron chi connectivity index (χ3n) is 4.09. The Morgan fingerprint density at radius 1 is 1.43 bits per heavy atom. The van der Waals surface area contributed by atoms with Crippen molar-refractivity contribution in [3.63, 3.8) is 0 Å². The molecule has 2 aromatic rings. The first-order valence-electron chi connectivity index (χ1n) is 7.40. The van der Waals surface area contributed by atoms with Crippen molar-refractivity contribution in [2.75, 3.05) is 24.4 Å². The third-order valence-corrected chi connectivity index (χ3v) is 4.60. The van der Waals surface area contributed by atoms with Crippen LogP contribution in [0.4, 0.5) is 5.82 Å². The number of hydrogen-bond acceptors (Lipinski definition) is 4. The van der Waals surface area contributed by atoms with E-state index < -0.39 is 0 Å². The second-order valence-corrected chi connectivity index (χ2v) is 6.25. The summed E-state index contributed by atoms with van der Waals surface area (Å²) in [6.45, 7) is 5.75. The summed E-state index contributed by atoms with van der Waals surface area (Å²) in [5, 5.41) is 8.15. The molecule has 0 saturated carbocycles. The predicted octanol–water partition coefficient (Wildman–Crippen LogP) is 3.05. The van der Waals surface area contributed by atoms with Crippen LogP contribution in [-0.4, -0.2) is 39.2 Å². The van der Waals surface area contributed by atoms with Gasteiger partial charge < -0.3 is 10.1 Å². The van der Waals surface area contributed by atoms with E-state index in [1.165, 1.54) is 0 Å². The molecule has 0 spiro atoms. The van der Waals surface area contributed by atoms with Crippen molar-refractivity contribution < 1.29 is 4.74 Å². The van der Waals surface area contributed by atoms with Crippen LogP contribution >= 0.6 is 11.6 Å². The molecule has 3 heterocycles. The largest absolute Gasteiger partial charge is 0.381 e. The van der Waals surface area contributed by atoms with E-state index >= 15 is 0 Å². The van der Waals surface area contributed by atoms with E-state index in [2.05, 4.69) is 35.3 Å². The number of nitrogens with one attached hydrogen (secondary N) is 1. The topological polar surface area (TPSA) is 51.5 Å². The first kappa shape index (κ1) is 14.6. The molecule has 6 heteroatoms. The molecule has 0 atom stereocenters. The van der Waals surface area contributed by atoms with Gasteiger partial charge in [0.25, 0.3) is 0 Å². The zero-order valence-corrected chi connectivity index (χ0v) is 13.2. The van der Waals surface area contributed by atoms with E-state index in [1.54, 1.807) is 6.20 Å². The minimum Gasteiger partial charge on any atom is -0.381 e.